The lowest BCUT2D eigenvalue weighted by Crippen LogP contribution is -2.27. The molecule has 0 aliphatic rings. The molecule has 1 amide bonds. The maximum Gasteiger partial charge on any atom is 0.432 e. The number of nitrogens with zero attached hydrogens (tertiary/aromatic N) is 4. The van der Waals surface area contributed by atoms with Crippen molar-refractivity contribution < 1.29 is 18.0 Å². The monoisotopic (exact) mass is 329 g/mol. The molecule has 0 aromatic carbocycles. The Kier molecular flexibility index (Phi) is 4.49. The predicted molar refractivity (Wildman–Crippen MR) is 76.8 cm³/mol. The van der Waals surface area contributed by atoms with E-state index in [9.17, 15) is 18.0 Å². The summed E-state index contributed by atoms with van der Waals surface area (Å²) in [5, 5.41) is 9.66. The van der Waals surface area contributed by atoms with Crippen LogP contribution in [0.3, 0.4) is 0 Å². The summed E-state index contributed by atoms with van der Waals surface area (Å²) in [5.74, 6) is -0.584. The number of alkyl halides is 3. The van der Waals surface area contributed by atoms with E-state index in [-0.39, 0.29) is 12.2 Å². The Morgan fingerprint density at radius 1 is 1.39 bits per heavy atom. The van der Waals surface area contributed by atoms with Crippen molar-refractivity contribution in [2.24, 2.45) is 0 Å². The molecular formula is C14H18F3N5O. The van der Waals surface area contributed by atoms with Gasteiger partial charge in [0.15, 0.2) is 5.69 Å². The lowest BCUT2D eigenvalue weighted by molar-refractivity contribution is -0.141. The van der Waals surface area contributed by atoms with Crippen LogP contribution in [0.2, 0.25) is 0 Å². The van der Waals surface area contributed by atoms with Crippen molar-refractivity contribution in [2.75, 3.05) is 7.05 Å². The van der Waals surface area contributed by atoms with Gasteiger partial charge in [-0.2, -0.15) is 23.4 Å². The normalized spacial score (nSPS) is 11.8. The number of hydrogen-bond donors (Lipinski definition) is 1. The van der Waals surface area contributed by atoms with Gasteiger partial charge in [0.2, 0.25) is 0 Å². The zero-order valence-corrected chi connectivity index (χ0v) is 13.3. The highest BCUT2D eigenvalue weighted by Crippen LogP contribution is 2.28. The van der Waals surface area contributed by atoms with Crippen molar-refractivity contribution in [3.63, 3.8) is 0 Å². The third-order valence-electron chi connectivity index (χ3n) is 3.68. The molecule has 0 spiro atoms. The zero-order valence-electron chi connectivity index (χ0n) is 13.3. The maximum atomic E-state index is 12.6. The van der Waals surface area contributed by atoms with Crippen LogP contribution in [0.1, 0.15) is 40.1 Å². The van der Waals surface area contributed by atoms with E-state index in [1.165, 1.54) is 11.9 Å². The number of aromatic amines is 1. The average molecular weight is 329 g/mol. The number of aryl methyl sites for hydroxylation is 2. The van der Waals surface area contributed by atoms with E-state index in [0.717, 1.165) is 17.0 Å². The van der Waals surface area contributed by atoms with E-state index in [0.29, 0.717) is 12.6 Å². The summed E-state index contributed by atoms with van der Waals surface area (Å²) in [5.41, 5.74) is 1.30. The molecule has 9 heteroatoms. The van der Waals surface area contributed by atoms with E-state index in [1.807, 2.05) is 30.6 Å². The van der Waals surface area contributed by atoms with Crippen molar-refractivity contribution in [3.8, 4) is 0 Å². The lowest BCUT2D eigenvalue weighted by Gasteiger charge is -2.16. The summed E-state index contributed by atoms with van der Waals surface area (Å²) in [6, 6.07) is 0.716. The van der Waals surface area contributed by atoms with Crippen LogP contribution in [0, 0.1) is 13.8 Å². The minimum Gasteiger partial charge on any atom is -0.336 e. The molecule has 2 aromatic rings. The number of H-pyrrole nitrogens is 1. The van der Waals surface area contributed by atoms with Crippen LogP contribution >= 0.6 is 0 Å². The Labute approximate surface area is 131 Å². The number of aromatic nitrogens is 4. The van der Waals surface area contributed by atoms with Gasteiger partial charge >= 0.3 is 6.18 Å². The topological polar surface area (TPSA) is 66.8 Å². The van der Waals surface area contributed by atoms with Gasteiger partial charge in [-0.1, -0.05) is 0 Å². The van der Waals surface area contributed by atoms with E-state index >= 15 is 0 Å². The fourth-order valence-corrected chi connectivity index (χ4v) is 2.35. The summed E-state index contributed by atoms with van der Waals surface area (Å²) >= 11 is 0. The quantitative estimate of drug-likeness (QED) is 0.937. The first kappa shape index (κ1) is 17.0. The number of carbonyl (C=O) groups excluding carboxylic acids is 1. The molecule has 0 radical (unpaired) electrons. The Balaban J connectivity index is 2.18. The van der Waals surface area contributed by atoms with Gasteiger partial charge in [-0.05, 0) is 20.8 Å². The molecule has 1 N–H and O–H groups in total. The van der Waals surface area contributed by atoms with Crippen LogP contribution in [0.5, 0.6) is 0 Å². The molecule has 0 saturated carbocycles. The summed E-state index contributed by atoms with van der Waals surface area (Å²) in [6.07, 6.45) is -4.56. The lowest BCUT2D eigenvalue weighted by atomic mass is 10.2. The van der Waals surface area contributed by atoms with E-state index in [4.69, 9.17) is 0 Å². The van der Waals surface area contributed by atoms with Gasteiger partial charge < -0.3 is 4.90 Å². The Hall–Kier alpha value is -2.32. The molecular weight excluding hydrogens is 311 g/mol. The summed E-state index contributed by atoms with van der Waals surface area (Å²) in [4.78, 5) is 13.6. The fourth-order valence-electron chi connectivity index (χ4n) is 2.35. The number of nitrogens with one attached hydrogen (secondary N) is 1. The number of halogens is 3. The predicted octanol–water partition coefficient (Wildman–Crippen LogP) is 2.53. The van der Waals surface area contributed by atoms with Gasteiger partial charge in [-0.3, -0.25) is 14.6 Å². The Morgan fingerprint density at radius 3 is 2.52 bits per heavy atom. The summed E-state index contributed by atoms with van der Waals surface area (Å²) in [7, 11) is 1.52. The third-order valence-corrected chi connectivity index (χ3v) is 3.68. The average Bonchev–Trinajstić information content (AvgIpc) is 3.06. The molecule has 0 aliphatic heterocycles. The zero-order chi connectivity index (χ0) is 17.4. The number of hydrogen-bond acceptors (Lipinski definition) is 3. The second-order valence-corrected chi connectivity index (χ2v) is 5.29. The maximum absolute atomic E-state index is 12.6. The highest BCUT2D eigenvalue weighted by Gasteiger charge is 2.34. The largest absolute Gasteiger partial charge is 0.432 e. The SMILES string of the molecule is CCn1nc(C)c(CN(C)C(=O)c2cc(C(F)(F)F)[nH]n2)c1C. The van der Waals surface area contributed by atoms with Crippen LogP contribution in [-0.4, -0.2) is 37.8 Å². The van der Waals surface area contributed by atoms with Crippen LogP contribution < -0.4 is 0 Å². The molecule has 0 bridgehead atoms. The van der Waals surface area contributed by atoms with E-state index in [1.54, 1.807) is 0 Å². The van der Waals surface area contributed by atoms with Gasteiger partial charge in [0, 0.05) is 37.5 Å². The molecule has 0 atom stereocenters. The second-order valence-electron chi connectivity index (χ2n) is 5.29. The Morgan fingerprint density at radius 2 is 2.04 bits per heavy atom. The molecule has 0 unspecified atom stereocenters. The smallest absolute Gasteiger partial charge is 0.336 e. The minimum absolute atomic E-state index is 0.255. The molecule has 126 valence electrons. The standard InChI is InChI=1S/C14H18F3N5O/c1-5-22-9(3)10(8(2)20-22)7-21(4)13(23)11-6-12(19-18-11)14(15,16)17/h6H,5,7H2,1-4H3,(H,18,19). The summed E-state index contributed by atoms with van der Waals surface area (Å²) < 4.78 is 39.5. The molecule has 0 fully saturated rings. The Bertz CT molecular complexity index is 717. The molecule has 6 nitrogen and oxygen atoms in total. The van der Waals surface area contributed by atoms with E-state index < -0.39 is 17.8 Å². The van der Waals surface area contributed by atoms with Crippen molar-refractivity contribution >= 4 is 5.91 Å². The number of rotatable bonds is 4. The van der Waals surface area contributed by atoms with E-state index in [2.05, 4.69) is 10.2 Å². The molecule has 2 aromatic heterocycles. The van der Waals surface area contributed by atoms with Gasteiger partial charge in [0.1, 0.15) is 5.69 Å². The van der Waals surface area contributed by atoms with Gasteiger partial charge in [-0.15, -0.1) is 0 Å². The second kappa shape index (κ2) is 6.05. The number of amides is 1. The summed E-state index contributed by atoms with van der Waals surface area (Å²) in [6.45, 7) is 6.65. The van der Waals surface area contributed by atoms with Crippen molar-refractivity contribution in [3.05, 3.63) is 34.4 Å². The van der Waals surface area contributed by atoms with Crippen LogP contribution in [-0.2, 0) is 19.3 Å². The van der Waals surface area contributed by atoms with Gasteiger partial charge in [0.05, 0.1) is 5.69 Å². The van der Waals surface area contributed by atoms with Gasteiger partial charge in [0.25, 0.3) is 5.91 Å². The molecule has 2 heterocycles. The molecule has 23 heavy (non-hydrogen) atoms. The number of carbonyl (C=O) groups is 1. The first-order chi connectivity index (χ1) is 10.6. The minimum atomic E-state index is -4.56. The van der Waals surface area contributed by atoms with Crippen molar-refractivity contribution in [1.82, 2.24) is 24.9 Å². The van der Waals surface area contributed by atoms with Crippen LogP contribution in [0.4, 0.5) is 13.2 Å². The highest BCUT2D eigenvalue weighted by molar-refractivity contribution is 5.92. The molecule has 0 saturated heterocycles. The fraction of sp³-hybridized carbons (Fsp3) is 0.500. The first-order valence-corrected chi connectivity index (χ1v) is 7.06. The van der Waals surface area contributed by atoms with Crippen LogP contribution in [0.25, 0.3) is 0 Å². The van der Waals surface area contributed by atoms with Crippen molar-refractivity contribution in [2.45, 2.75) is 40.0 Å². The first-order valence-electron chi connectivity index (χ1n) is 7.06. The van der Waals surface area contributed by atoms with Crippen molar-refractivity contribution in [1.29, 1.82) is 0 Å². The van der Waals surface area contributed by atoms with Crippen LogP contribution in [0.15, 0.2) is 6.07 Å². The highest BCUT2D eigenvalue weighted by atomic mass is 19.4. The molecule has 0 aliphatic carbocycles. The van der Waals surface area contributed by atoms with Gasteiger partial charge in [-0.25, -0.2) is 0 Å². The third kappa shape index (κ3) is 3.38. The molecule has 2 rings (SSSR count).